The average molecular weight is 391 g/mol. The molecule has 1 aliphatic heterocycles. The molecule has 0 spiro atoms. The Morgan fingerprint density at radius 2 is 1.81 bits per heavy atom. The molecule has 0 atom stereocenters. The van der Waals surface area contributed by atoms with Crippen LogP contribution >= 0.6 is 0 Å². The van der Waals surface area contributed by atoms with E-state index in [4.69, 9.17) is 4.74 Å². The molecular weight excluding hydrogens is 366 g/mol. The summed E-state index contributed by atoms with van der Waals surface area (Å²) in [5.41, 5.74) is 2.71. The predicted molar refractivity (Wildman–Crippen MR) is 102 cm³/mol. The van der Waals surface area contributed by atoms with E-state index in [2.05, 4.69) is 5.10 Å². The number of nitrogens with zero attached hydrogens (tertiary/aromatic N) is 3. The molecule has 0 N–H and O–H groups in total. The van der Waals surface area contributed by atoms with Crippen LogP contribution in [0.1, 0.15) is 40.2 Å². The molecule has 7 nitrogen and oxygen atoms in total. The van der Waals surface area contributed by atoms with E-state index in [1.807, 2.05) is 32.0 Å². The van der Waals surface area contributed by atoms with Gasteiger partial charge in [0.05, 0.1) is 11.4 Å². The maximum absolute atomic E-state index is 12.9. The number of ether oxygens (including phenoxy) is 1. The number of carbonyl (C=O) groups excluding carboxylic acids is 1. The van der Waals surface area contributed by atoms with Gasteiger partial charge in [-0.05, 0) is 52.2 Å². The molecule has 27 heavy (non-hydrogen) atoms. The van der Waals surface area contributed by atoms with E-state index in [1.54, 1.807) is 13.8 Å². The first-order chi connectivity index (χ1) is 12.7. The van der Waals surface area contributed by atoms with Gasteiger partial charge in [-0.15, -0.1) is 0 Å². The van der Waals surface area contributed by atoms with Crippen molar-refractivity contribution in [3.63, 3.8) is 0 Å². The van der Waals surface area contributed by atoms with E-state index in [9.17, 15) is 13.2 Å². The van der Waals surface area contributed by atoms with Crippen molar-refractivity contribution in [2.45, 2.75) is 45.4 Å². The Bertz CT molecular complexity index is 973. The van der Waals surface area contributed by atoms with Gasteiger partial charge in [0, 0.05) is 13.1 Å². The SMILES string of the molecule is Cc1ccc(OCC(=O)n2nc(C)c(S(=O)(=O)N3CCCC3)c2C)c(C)c1. The smallest absolute Gasteiger partial charge is 0.285 e. The van der Waals surface area contributed by atoms with Gasteiger partial charge in [0.2, 0.25) is 10.0 Å². The Morgan fingerprint density at radius 1 is 1.15 bits per heavy atom. The standard InChI is InChI=1S/C19H25N3O4S/c1-13-7-8-17(14(2)11-13)26-12-18(23)22-16(4)19(15(3)20-22)27(24,25)21-9-5-6-10-21/h7-8,11H,5-6,9-10,12H2,1-4H3. The summed E-state index contributed by atoms with van der Waals surface area (Å²) in [6.07, 6.45) is 1.71. The van der Waals surface area contributed by atoms with E-state index >= 15 is 0 Å². The number of hydrogen-bond acceptors (Lipinski definition) is 5. The Morgan fingerprint density at radius 3 is 2.44 bits per heavy atom. The van der Waals surface area contributed by atoms with Crippen LogP contribution in [-0.2, 0) is 10.0 Å². The molecule has 1 aromatic carbocycles. The fourth-order valence-corrected chi connectivity index (χ4v) is 5.34. The van der Waals surface area contributed by atoms with Crippen LogP contribution < -0.4 is 4.74 Å². The first-order valence-corrected chi connectivity index (χ1v) is 10.5. The van der Waals surface area contributed by atoms with E-state index in [1.165, 1.54) is 4.31 Å². The van der Waals surface area contributed by atoms with Gasteiger partial charge < -0.3 is 4.74 Å². The van der Waals surface area contributed by atoms with Gasteiger partial charge >= 0.3 is 0 Å². The highest BCUT2D eigenvalue weighted by Gasteiger charge is 2.33. The molecule has 1 fully saturated rings. The summed E-state index contributed by atoms with van der Waals surface area (Å²) >= 11 is 0. The molecule has 0 aliphatic carbocycles. The van der Waals surface area contributed by atoms with Crippen LogP contribution in [0.25, 0.3) is 0 Å². The summed E-state index contributed by atoms with van der Waals surface area (Å²) < 4.78 is 34.0. The Labute approximate surface area is 160 Å². The van der Waals surface area contributed by atoms with Crippen LogP contribution in [0.15, 0.2) is 23.1 Å². The van der Waals surface area contributed by atoms with Gasteiger partial charge in [-0.25, -0.2) is 13.1 Å². The third-order valence-corrected chi connectivity index (χ3v) is 6.96. The summed E-state index contributed by atoms with van der Waals surface area (Å²) in [5, 5.41) is 4.18. The van der Waals surface area contributed by atoms with Gasteiger partial charge in [-0.2, -0.15) is 9.40 Å². The summed E-state index contributed by atoms with van der Waals surface area (Å²) in [4.78, 5) is 12.7. The minimum Gasteiger partial charge on any atom is -0.483 e. The average Bonchev–Trinajstić information content (AvgIpc) is 3.22. The Hall–Kier alpha value is -2.19. The maximum atomic E-state index is 12.9. The second-order valence-electron chi connectivity index (χ2n) is 6.97. The molecule has 0 amide bonds. The number of aryl methyl sites for hydroxylation is 3. The first kappa shape index (κ1) is 19.6. The minimum atomic E-state index is -3.63. The number of aromatic nitrogens is 2. The van der Waals surface area contributed by atoms with Crippen LogP contribution in [0.4, 0.5) is 0 Å². The van der Waals surface area contributed by atoms with Crippen LogP contribution in [0, 0.1) is 27.7 Å². The highest BCUT2D eigenvalue weighted by Crippen LogP contribution is 2.26. The summed E-state index contributed by atoms with van der Waals surface area (Å²) in [5.74, 6) is 0.221. The van der Waals surface area contributed by atoms with Gasteiger partial charge in [0.15, 0.2) is 6.61 Å². The van der Waals surface area contributed by atoms with E-state index < -0.39 is 15.9 Å². The number of hydrogen-bond donors (Lipinski definition) is 0. The third-order valence-electron chi connectivity index (χ3n) is 4.81. The summed E-state index contributed by atoms with van der Waals surface area (Å²) in [6.45, 7) is 7.93. The minimum absolute atomic E-state index is 0.129. The zero-order chi connectivity index (χ0) is 19.8. The molecule has 1 saturated heterocycles. The highest BCUT2D eigenvalue weighted by atomic mass is 32.2. The van der Waals surface area contributed by atoms with Crippen molar-refractivity contribution in [1.82, 2.24) is 14.1 Å². The van der Waals surface area contributed by atoms with Crippen LogP contribution in [0.5, 0.6) is 5.75 Å². The van der Waals surface area contributed by atoms with Gasteiger partial charge in [-0.3, -0.25) is 4.79 Å². The lowest BCUT2D eigenvalue weighted by molar-refractivity contribution is 0.0817. The molecule has 2 aromatic rings. The van der Waals surface area contributed by atoms with E-state index in [0.29, 0.717) is 30.2 Å². The summed E-state index contributed by atoms with van der Waals surface area (Å²) in [7, 11) is -3.63. The molecule has 1 aromatic heterocycles. The van der Waals surface area contributed by atoms with Crippen molar-refractivity contribution >= 4 is 15.9 Å². The van der Waals surface area contributed by atoms with Crippen LogP contribution in [0.3, 0.4) is 0 Å². The highest BCUT2D eigenvalue weighted by molar-refractivity contribution is 7.89. The second-order valence-corrected chi connectivity index (χ2v) is 8.85. The predicted octanol–water partition coefficient (Wildman–Crippen LogP) is 2.62. The number of rotatable bonds is 5. The van der Waals surface area contributed by atoms with Crippen molar-refractivity contribution in [2.75, 3.05) is 19.7 Å². The van der Waals surface area contributed by atoms with Crippen molar-refractivity contribution in [3.8, 4) is 5.75 Å². The summed E-state index contributed by atoms with van der Waals surface area (Å²) in [6, 6.07) is 5.71. The van der Waals surface area contributed by atoms with Gasteiger partial charge in [0.25, 0.3) is 5.91 Å². The molecule has 3 rings (SSSR count). The topological polar surface area (TPSA) is 81.5 Å². The zero-order valence-electron chi connectivity index (χ0n) is 16.2. The van der Waals surface area contributed by atoms with Crippen molar-refractivity contribution < 1.29 is 17.9 Å². The van der Waals surface area contributed by atoms with Crippen molar-refractivity contribution in [2.24, 2.45) is 0 Å². The molecule has 2 heterocycles. The molecule has 0 saturated carbocycles. The fraction of sp³-hybridized carbons (Fsp3) is 0.474. The lowest BCUT2D eigenvalue weighted by atomic mass is 10.1. The molecule has 0 bridgehead atoms. The molecule has 146 valence electrons. The first-order valence-electron chi connectivity index (χ1n) is 9.01. The van der Waals surface area contributed by atoms with Crippen molar-refractivity contribution in [1.29, 1.82) is 0 Å². The second kappa shape index (κ2) is 7.44. The monoisotopic (exact) mass is 391 g/mol. The maximum Gasteiger partial charge on any atom is 0.285 e. The Kier molecular flexibility index (Phi) is 5.39. The van der Waals surface area contributed by atoms with Crippen molar-refractivity contribution in [3.05, 3.63) is 40.7 Å². The fourth-order valence-electron chi connectivity index (χ4n) is 3.46. The van der Waals surface area contributed by atoms with E-state index in [0.717, 1.165) is 28.7 Å². The molecular formula is C19H25N3O4S. The third kappa shape index (κ3) is 3.77. The Balaban J connectivity index is 1.82. The number of carbonyl (C=O) groups is 1. The molecule has 0 unspecified atom stereocenters. The normalized spacial score (nSPS) is 15.3. The molecule has 8 heteroatoms. The zero-order valence-corrected chi connectivity index (χ0v) is 17.0. The largest absolute Gasteiger partial charge is 0.483 e. The quantitative estimate of drug-likeness (QED) is 0.783. The van der Waals surface area contributed by atoms with E-state index in [-0.39, 0.29) is 11.5 Å². The van der Waals surface area contributed by atoms with Gasteiger partial charge in [-0.1, -0.05) is 17.7 Å². The van der Waals surface area contributed by atoms with Crippen LogP contribution in [-0.4, -0.2) is 48.1 Å². The van der Waals surface area contributed by atoms with Gasteiger partial charge in [0.1, 0.15) is 10.6 Å². The lowest BCUT2D eigenvalue weighted by Crippen LogP contribution is -2.29. The number of sulfonamides is 1. The van der Waals surface area contributed by atoms with Crippen LogP contribution in [0.2, 0.25) is 0 Å². The molecule has 0 radical (unpaired) electrons. The number of benzene rings is 1. The lowest BCUT2D eigenvalue weighted by Gasteiger charge is -2.15. The molecule has 1 aliphatic rings.